The molecule has 12 heteroatoms. The molecule has 1 aliphatic carbocycles. The summed E-state index contributed by atoms with van der Waals surface area (Å²) in [6, 6.07) is 1.14. The molecule has 2 N–H and O–H groups in total. The largest absolute Gasteiger partial charge is 0.462 e. The van der Waals surface area contributed by atoms with Gasteiger partial charge in [0.15, 0.2) is 0 Å². The van der Waals surface area contributed by atoms with Gasteiger partial charge in [-0.1, -0.05) is 19.3 Å². The van der Waals surface area contributed by atoms with Crippen LogP contribution in [0.2, 0.25) is 0 Å². The number of esters is 1. The lowest BCUT2D eigenvalue weighted by Crippen LogP contribution is -2.35. The first kappa shape index (κ1) is 23.1. The molecule has 2 unspecified atom stereocenters. The van der Waals surface area contributed by atoms with E-state index in [2.05, 4.69) is 10.3 Å². The number of ether oxygens (including phenoxy) is 3. The van der Waals surface area contributed by atoms with Gasteiger partial charge in [0.2, 0.25) is 6.23 Å². The first-order chi connectivity index (χ1) is 14.8. The maximum atomic E-state index is 14.0. The Labute approximate surface area is 176 Å². The number of aliphatic hydroxyl groups excluding tert-OH is 1. The quantitative estimate of drug-likeness (QED) is 0.480. The maximum absolute atomic E-state index is 14.0. The number of hydrogen-bond acceptors (Lipinski definition) is 8. The fourth-order valence-corrected chi connectivity index (χ4v) is 3.65. The van der Waals surface area contributed by atoms with Gasteiger partial charge in [-0.2, -0.15) is 4.98 Å². The van der Waals surface area contributed by atoms with Crippen molar-refractivity contribution in [1.29, 1.82) is 0 Å². The Balaban J connectivity index is 1.46. The number of amides is 1. The molecule has 10 nitrogen and oxygen atoms in total. The highest BCUT2D eigenvalue weighted by atomic mass is 19.3. The zero-order chi connectivity index (χ0) is 22.4. The second-order valence-corrected chi connectivity index (χ2v) is 7.52. The molecule has 172 valence electrons. The number of carbonyl (C=O) groups is 2. The Morgan fingerprint density at radius 3 is 2.61 bits per heavy atom. The van der Waals surface area contributed by atoms with Crippen molar-refractivity contribution in [1.82, 2.24) is 9.55 Å². The number of nitrogens with one attached hydrogen (secondary N) is 1. The Kier molecular flexibility index (Phi) is 7.55. The summed E-state index contributed by atoms with van der Waals surface area (Å²) in [5.41, 5.74) is -1.07. The van der Waals surface area contributed by atoms with Crippen LogP contribution in [0.3, 0.4) is 0 Å². The van der Waals surface area contributed by atoms with Gasteiger partial charge < -0.3 is 19.3 Å². The minimum Gasteiger partial charge on any atom is -0.462 e. The molecule has 0 bridgehead atoms. The summed E-state index contributed by atoms with van der Waals surface area (Å²) in [7, 11) is 0. The van der Waals surface area contributed by atoms with Crippen LogP contribution in [0.4, 0.5) is 19.4 Å². The van der Waals surface area contributed by atoms with E-state index >= 15 is 0 Å². The van der Waals surface area contributed by atoms with Crippen molar-refractivity contribution in [3.05, 3.63) is 22.7 Å². The number of aliphatic hydroxyl groups is 1. The number of rotatable bonds is 7. The second kappa shape index (κ2) is 10.1. The molecule has 1 saturated carbocycles. The van der Waals surface area contributed by atoms with Gasteiger partial charge in [0.05, 0.1) is 18.6 Å². The van der Waals surface area contributed by atoms with Crippen LogP contribution in [-0.4, -0.2) is 58.6 Å². The average molecular weight is 445 g/mol. The minimum atomic E-state index is -3.36. The van der Waals surface area contributed by atoms with Gasteiger partial charge in [0.25, 0.3) is 5.92 Å². The number of halogens is 2. The monoisotopic (exact) mass is 445 g/mol. The third-order valence-corrected chi connectivity index (χ3v) is 5.20. The second-order valence-electron chi connectivity index (χ2n) is 7.52. The van der Waals surface area contributed by atoms with Crippen LogP contribution in [0.5, 0.6) is 0 Å². The number of alkyl halides is 2. The average Bonchev–Trinajstić information content (AvgIpc) is 3.06. The molecule has 1 aromatic rings. The first-order valence-corrected chi connectivity index (χ1v) is 10.1. The molecule has 2 heterocycles. The number of carbonyl (C=O) groups excluding carboxylic acids is 2. The van der Waals surface area contributed by atoms with Crippen LogP contribution in [0.15, 0.2) is 17.1 Å². The standard InChI is InChI=1S/C19H25F2N3O7/c20-19(21)10-13(11-25)31-16(19)24-7-6-14(22-17(24)27)23-18(28)30-9-8-29-15(26)12-4-2-1-3-5-12/h6-7,12-13,16,25H,1-5,8-11H2,(H,22,23,27,28). The van der Waals surface area contributed by atoms with Crippen molar-refractivity contribution in [2.24, 2.45) is 5.92 Å². The van der Waals surface area contributed by atoms with E-state index in [1.54, 1.807) is 0 Å². The topological polar surface area (TPSA) is 129 Å². The number of anilines is 1. The lowest BCUT2D eigenvalue weighted by molar-refractivity contribution is -0.150. The van der Waals surface area contributed by atoms with Crippen molar-refractivity contribution < 1.29 is 37.7 Å². The molecular formula is C19H25F2N3O7. The van der Waals surface area contributed by atoms with Gasteiger partial charge in [-0.05, 0) is 18.9 Å². The molecule has 2 atom stereocenters. The van der Waals surface area contributed by atoms with Crippen LogP contribution >= 0.6 is 0 Å². The lowest BCUT2D eigenvalue weighted by atomic mass is 9.89. The van der Waals surface area contributed by atoms with Crippen LogP contribution < -0.4 is 11.0 Å². The van der Waals surface area contributed by atoms with E-state index < -0.39 is 43.1 Å². The van der Waals surface area contributed by atoms with Gasteiger partial charge >= 0.3 is 17.8 Å². The van der Waals surface area contributed by atoms with Crippen LogP contribution in [0.25, 0.3) is 0 Å². The predicted molar refractivity (Wildman–Crippen MR) is 102 cm³/mol. The number of aromatic nitrogens is 2. The molecule has 2 aliphatic rings. The molecule has 1 amide bonds. The molecule has 2 fully saturated rings. The fourth-order valence-electron chi connectivity index (χ4n) is 3.65. The molecule has 0 spiro atoms. The zero-order valence-electron chi connectivity index (χ0n) is 16.8. The van der Waals surface area contributed by atoms with E-state index in [1.807, 2.05) is 0 Å². The van der Waals surface area contributed by atoms with Crippen molar-refractivity contribution in [2.75, 3.05) is 25.1 Å². The van der Waals surface area contributed by atoms with Crippen LogP contribution in [0, 0.1) is 5.92 Å². The SMILES string of the molecule is O=C(Nc1ccn(C2OC(CO)CC2(F)F)c(=O)n1)OCCOC(=O)C1CCCCC1. The Morgan fingerprint density at radius 2 is 1.97 bits per heavy atom. The Bertz CT molecular complexity index is 842. The maximum Gasteiger partial charge on any atom is 0.412 e. The lowest BCUT2D eigenvalue weighted by Gasteiger charge is -2.20. The molecule has 1 aliphatic heterocycles. The summed E-state index contributed by atoms with van der Waals surface area (Å²) in [6.45, 7) is -0.889. The molecule has 3 rings (SSSR count). The number of nitrogens with zero attached hydrogens (tertiary/aromatic N) is 2. The summed E-state index contributed by atoms with van der Waals surface area (Å²) < 4.78 is 43.6. The van der Waals surface area contributed by atoms with Crippen LogP contribution in [0.1, 0.15) is 44.8 Å². The third kappa shape index (κ3) is 5.97. The highest BCUT2D eigenvalue weighted by Gasteiger charge is 2.51. The van der Waals surface area contributed by atoms with Crippen LogP contribution in [-0.2, 0) is 19.0 Å². The summed E-state index contributed by atoms with van der Waals surface area (Å²) in [5.74, 6) is -3.97. The van der Waals surface area contributed by atoms with E-state index in [1.165, 1.54) is 0 Å². The van der Waals surface area contributed by atoms with Gasteiger partial charge in [-0.25, -0.2) is 18.4 Å². The normalized spacial score (nSPS) is 23.3. The smallest absolute Gasteiger partial charge is 0.412 e. The molecule has 0 aromatic carbocycles. The van der Waals surface area contributed by atoms with Crippen molar-refractivity contribution in [3.8, 4) is 0 Å². The Morgan fingerprint density at radius 1 is 1.26 bits per heavy atom. The minimum absolute atomic E-state index is 0.0993. The number of hydrogen-bond donors (Lipinski definition) is 2. The summed E-state index contributed by atoms with van der Waals surface area (Å²) in [4.78, 5) is 39.3. The van der Waals surface area contributed by atoms with E-state index in [0.717, 1.165) is 44.4 Å². The van der Waals surface area contributed by atoms with Crippen molar-refractivity contribution in [3.63, 3.8) is 0 Å². The molecule has 31 heavy (non-hydrogen) atoms. The van der Waals surface area contributed by atoms with Gasteiger partial charge in [0.1, 0.15) is 19.0 Å². The summed E-state index contributed by atoms with van der Waals surface area (Å²) >= 11 is 0. The Hall–Kier alpha value is -2.60. The highest BCUT2D eigenvalue weighted by Crippen LogP contribution is 2.41. The van der Waals surface area contributed by atoms with E-state index in [0.29, 0.717) is 4.57 Å². The van der Waals surface area contributed by atoms with Gasteiger partial charge in [-0.15, -0.1) is 0 Å². The first-order valence-electron chi connectivity index (χ1n) is 10.1. The fraction of sp³-hybridized carbons (Fsp3) is 0.684. The van der Waals surface area contributed by atoms with Gasteiger partial charge in [0, 0.05) is 12.6 Å². The van der Waals surface area contributed by atoms with E-state index in [9.17, 15) is 23.2 Å². The zero-order valence-corrected chi connectivity index (χ0v) is 16.8. The molecule has 1 aromatic heterocycles. The summed E-state index contributed by atoms with van der Waals surface area (Å²) in [6.07, 6.45) is 1.07. The van der Waals surface area contributed by atoms with Crippen molar-refractivity contribution in [2.45, 2.75) is 56.8 Å². The van der Waals surface area contributed by atoms with E-state index in [-0.39, 0.29) is 30.9 Å². The van der Waals surface area contributed by atoms with E-state index in [4.69, 9.17) is 19.3 Å². The molecule has 1 saturated heterocycles. The molecule has 0 radical (unpaired) electrons. The summed E-state index contributed by atoms with van der Waals surface area (Å²) in [5, 5.41) is 11.2. The van der Waals surface area contributed by atoms with Gasteiger partial charge in [-0.3, -0.25) is 14.7 Å². The highest BCUT2D eigenvalue weighted by molar-refractivity contribution is 5.83. The third-order valence-electron chi connectivity index (χ3n) is 5.20. The predicted octanol–water partition coefficient (Wildman–Crippen LogP) is 1.83. The van der Waals surface area contributed by atoms with Crippen molar-refractivity contribution >= 4 is 17.9 Å². The molecular weight excluding hydrogens is 420 g/mol.